The zero-order valence-corrected chi connectivity index (χ0v) is 19.4. The van der Waals surface area contributed by atoms with Crippen LogP contribution in [0.2, 0.25) is 0 Å². The standard InChI is InChI=1S/C25H21F2N3O7/c1-15(31)28-19-12-13-30(24(34)29-19)23-25(26,27)20(37-22(33)17-10-6-3-7-11-17)18(36-23)14-35-21(32)16-8-4-2-5-9-16/h2-13,18,20,23H,14H2,1H3,(H,28,29,31,34)/t18-,20-,23-/m1/s1. The van der Waals surface area contributed by atoms with Crippen LogP contribution in [0.15, 0.2) is 77.7 Å². The third-order valence-electron chi connectivity index (χ3n) is 5.37. The maximum Gasteiger partial charge on any atom is 0.351 e. The maximum atomic E-state index is 15.6. The lowest BCUT2D eigenvalue weighted by molar-refractivity contribution is -0.142. The quantitative estimate of drug-likeness (QED) is 0.478. The summed E-state index contributed by atoms with van der Waals surface area (Å²) in [5.41, 5.74) is -0.957. The van der Waals surface area contributed by atoms with Crippen LogP contribution in [0.3, 0.4) is 0 Å². The third kappa shape index (κ3) is 5.70. The first-order chi connectivity index (χ1) is 17.7. The van der Waals surface area contributed by atoms with E-state index in [1.54, 1.807) is 24.3 Å². The topological polar surface area (TPSA) is 126 Å². The molecule has 0 aliphatic carbocycles. The number of hydrogen-bond acceptors (Lipinski definition) is 8. The van der Waals surface area contributed by atoms with Crippen LogP contribution in [0.1, 0.15) is 33.9 Å². The Bertz CT molecular complexity index is 1350. The van der Waals surface area contributed by atoms with Crippen LogP contribution >= 0.6 is 0 Å². The Balaban J connectivity index is 1.61. The van der Waals surface area contributed by atoms with Crippen molar-refractivity contribution in [2.45, 2.75) is 31.3 Å². The molecule has 3 aromatic rings. The minimum absolute atomic E-state index is 0.0141. The van der Waals surface area contributed by atoms with Gasteiger partial charge in [-0.15, -0.1) is 0 Å². The largest absolute Gasteiger partial charge is 0.459 e. The van der Waals surface area contributed by atoms with Crippen LogP contribution in [0.5, 0.6) is 0 Å². The molecule has 3 atom stereocenters. The highest BCUT2D eigenvalue weighted by atomic mass is 19.3. The zero-order valence-electron chi connectivity index (χ0n) is 19.4. The smallest absolute Gasteiger partial charge is 0.351 e. The predicted molar refractivity (Wildman–Crippen MR) is 124 cm³/mol. The summed E-state index contributed by atoms with van der Waals surface area (Å²) in [5.74, 6) is -6.45. The molecule has 0 bridgehead atoms. The Labute approximate surface area is 208 Å². The van der Waals surface area contributed by atoms with Gasteiger partial charge in [-0.3, -0.25) is 9.36 Å². The predicted octanol–water partition coefficient (Wildman–Crippen LogP) is 2.82. The highest BCUT2D eigenvalue weighted by molar-refractivity contribution is 5.90. The summed E-state index contributed by atoms with van der Waals surface area (Å²) in [6, 6.07) is 16.4. The number of nitrogens with zero attached hydrogens (tertiary/aromatic N) is 2. The van der Waals surface area contributed by atoms with Crippen molar-refractivity contribution < 1.29 is 37.4 Å². The molecule has 2 aromatic carbocycles. The van der Waals surface area contributed by atoms with Gasteiger partial charge in [0.25, 0.3) is 0 Å². The molecule has 1 saturated heterocycles. The summed E-state index contributed by atoms with van der Waals surface area (Å²) in [7, 11) is 0. The van der Waals surface area contributed by atoms with E-state index in [2.05, 4.69) is 10.3 Å². The van der Waals surface area contributed by atoms with Gasteiger partial charge >= 0.3 is 23.6 Å². The summed E-state index contributed by atoms with van der Waals surface area (Å²) in [5, 5.41) is 2.28. The number of benzene rings is 2. The lowest BCUT2D eigenvalue weighted by Gasteiger charge is -2.24. The van der Waals surface area contributed by atoms with Gasteiger partial charge in [0.1, 0.15) is 18.5 Å². The first-order valence-corrected chi connectivity index (χ1v) is 11.0. The molecule has 1 fully saturated rings. The van der Waals surface area contributed by atoms with Gasteiger partial charge in [-0.1, -0.05) is 36.4 Å². The van der Waals surface area contributed by atoms with E-state index >= 15 is 8.78 Å². The fraction of sp³-hybridized carbons (Fsp3) is 0.240. The summed E-state index contributed by atoms with van der Waals surface area (Å²) in [6.07, 6.45) is -5.11. The summed E-state index contributed by atoms with van der Waals surface area (Å²) < 4.78 is 47.5. The molecule has 2 heterocycles. The van der Waals surface area contributed by atoms with E-state index in [0.717, 1.165) is 12.3 Å². The Hall–Kier alpha value is -4.45. The second-order valence-electron chi connectivity index (χ2n) is 8.04. The SMILES string of the molecule is CC(=O)Nc1ccn([C@@H]2O[C@H](COC(=O)c3ccccc3)[C@@H](OC(=O)c3ccccc3)C2(F)F)c(=O)n1. The van der Waals surface area contributed by atoms with E-state index in [-0.39, 0.29) is 16.9 Å². The van der Waals surface area contributed by atoms with Crippen molar-refractivity contribution in [2.75, 3.05) is 11.9 Å². The highest BCUT2D eigenvalue weighted by Gasteiger charge is 2.63. The molecule has 192 valence electrons. The van der Waals surface area contributed by atoms with Crippen LogP contribution in [0.25, 0.3) is 0 Å². The molecular formula is C25H21F2N3O7. The monoisotopic (exact) mass is 513 g/mol. The van der Waals surface area contributed by atoms with Gasteiger partial charge < -0.3 is 19.5 Å². The number of carbonyl (C=O) groups is 3. The molecule has 1 aliphatic rings. The number of halogens is 2. The van der Waals surface area contributed by atoms with Crippen molar-refractivity contribution in [3.63, 3.8) is 0 Å². The molecular weight excluding hydrogens is 492 g/mol. The summed E-state index contributed by atoms with van der Waals surface area (Å²) >= 11 is 0. The summed E-state index contributed by atoms with van der Waals surface area (Å²) in [6.45, 7) is 0.493. The first-order valence-electron chi connectivity index (χ1n) is 11.0. The van der Waals surface area contributed by atoms with Gasteiger partial charge in [-0.2, -0.15) is 13.8 Å². The molecule has 1 N–H and O–H groups in total. The molecule has 1 aliphatic heterocycles. The number of esters is 2. The fourth-order valence-electron chi connectivity index (χ4n) is 3.66. The number of ether oxygens (including phenoxy) is 3. The molecule has 0 spiro atoms. The van der Waals surface area contributed by atoms with Gasteiger partial charge in [0.15, 0.2) is 6.10 Å². The molecule has 1 aromatic heterocycles. The molecule has 1 amide bonds. The molecule has 0 unspecified atom stereocenters. The lowest BCUT2D eigenvalue weighted by atomic mass is 10.1. The zero-order chi connectivity index (χ0) is 26.6. The number of anilines is 1. The van der Waals surface area contributed by atoms with Crippen LogP contribution in [0, 0.1) is 0 Å². The van der Waals surface area contributed by atoms with Crippen molar-refractivity contribution in [2.24, 2.45) is 0 Å². The Morgan fingerprint density at radius 1 is 1.00 bits per heavy atom. The van der Waals surface area contributed by atoms with Crippen LogP contribution in [-0.2, 0) is 19.0 Å². The minimum atomic E-state index is -3.94. The van der Waals surface area contributed by atoms with Gasteiger partial charge in [-0.05, 0) is 30.3 Å². The minimum Gasteiger partial charge on any atom is -0.459 e. The molecule has 0 radical (unpaired) electrons. The van der Waals surface area contributed by atoms with E-state index in [9.17, 15) is 19.2 Å². The van der Waals surface area contributed by atoms with Gasteiger partial charge in [0, 0.05) is 13.1 Å². The van der Waals surface area contributed by atoms with Gasteiger partial charge in [-0.25, -0.2) is 14.4 Å². The average Bonchev–Trinajstić information content (AvgIpc) is 3.12. The Morgan fingerprint density at radius 2 is 1.59 bits per heavy atom. The van der Waals surface area contributed by atoms with Crippen LogP contribution in [0.4, 0.5) is 14.6 Å². The fourth-order valence-corrected chi connectivity index (χ4v) is 3.66. The summed E-state index contributed by atoms with van der Waals surface area (Å²) in [4.78, 5) is 52.3. The number of alkyl halides is 2. The molecule has 12 heteroatoms. The number of nitrogens with one attached hydrogen (secondary N) is 1. The van der Waals surface area contributed by atoms with E-state index in [0.29, 0.717) is 4.57 Å². The lowest BCUT2D eigenvalue weighted by Crippen LogP contribution is -2.44. The van der Waals surface area contributed by atoms with Gasteiger partial charge in [0.2, 0.25) is 12.1 Å². The van der Waals surface area contributed by atoms with Crippen molar-refractivity contribution in [1.29, 1.82) is 0 Å². The van der Waals surface area contributed by atoms with E-state index < -0.39 is 54.5 Å². The second kappa shape index (κ2) is 10.7. The van der Waals surface area contributed by atoms with Crippen molar-refractivity contribution in [3.05, 3.63) is 94.5 Å². The van der Waals surface area contributed by atoms with E-state index in [1.807, 2.05) is 0 Å². The van der Waals surface area contributed by atoms with Crippen molar-refractivity contribution >= 4 is 23.7 Å². The number of carbonyl (C=O) groups excluding carboxylic acids is 3. The second-order valence-corrected chi connectivity index (χ2v) is 8.04. The highest BCUT2D eigenvalue weighted by Crippen LogP contribution is 2.44. The normalized spacial score (nSPS) is 20.1. The van der Waals surface area contributed by atoms with E-state index in [1.165, 1.54) is 43.3 Å². The molecule has 37 heavy (non-hydrogen) atoms. The maximum absolute atomic E-state index is 15.6. The van der Waals surface area contributed by atoms with E-state index in [4.69, 9.17) is 14.2 Å². The number of amides is 1. The average molecular weight is 513 g/mol. The van der Waals surface area contributed by atoms with Crippen molar-refractivity contribution in [1.82, 2.24) is 9.55 Å². The number of aromatic nitrogens is 2. The van der Waals surface area contributed by atoms with Crippen LogP contribution in [-0.4, -0.2) is 52.1 Å². The van der Waals surface area contributed by atoms with Crippen LogP contribution < -0.4 is 11.0 Å². The number of hydrogen-bond donors (Lipinski definition) is 1. The third-order valence-corrected chi connectivity index (χ3v) is 5.37. The molecule has 0 saturated carbocycles. The number of rotatable bonds is 7. The van der Waals surface area contributed by atoms with Crippen molar-refractivity contribution in [3.8, 4) is 0 Å². The Kier molecular flexibility index (Phi) is 7.39. The van der Waals surface area contributed by atoms with Gasteiger partial charge in [0.05, 0.1) is 11.1 Å². The Morgan fingerprint density at radius 3 is 2.16 bits per heavy atom. The molecule has 10 nitrogen and oxygen atoms in total. The first kappa shape index (κ1) is 25.6. The molecule has 4 rings (SSSR count).